The summed E-state index contributed by atoms with van der Waals surface area (Å²) in [5.74, 6) is 0. The summed E-state index contributed by atoms with van der Waals surface area (Å²) >= 11 is 0. The van der Waals surface area contributed by atoms with Gasteiger partial charge in [0.15, 0.2) is 0 Å². The Kier molecular flexibility index (Phi) is 4.67. The number of rotatable bonds is 3. The Labute approximate surface area is 111 Å². The summed E-state index contributed by atoms with van der Waals surface area (Å²) in [4.78, 5) is 2.38. The van der Waals surface area contributed by atoms with Crippen molar-refractivity contribution in [1.29, 1.82) is 0 Å². The summed E-state index contributed by atoms with van der Waals surface area (Å²) in [6, 6.07) is 0.531. The monoisotopic (exact) mass is 274 g/mol. The standard InChI is InChI=1S/C13H26N2O2S/c1-12(2)14-10-6-13(7-11-14)18(16,17)15-8-4-3-5-9-15/h12-13H,3-11H2,1-2H3. The van der Waals surface area contributed by atoms with Gasteiger partial charge >= 0.3 is 0 Å². The molecule has 2 fully saturated rings. The molecular formula is C13H26N2O2S. The van der Waals surface area contributed by atoms with E-state index in [1.165, 1.54) is 6.42 Å². The van der Waals surface area contributed by atoms with Gasteiger partial charge in [0.25, 0.3) is 0 Å². The number of hydrogen-bond donors (Lipinski definition) is 0. The van der Waals surface area contributed by atoms with Gasteiger partial charge in [-0.15, -0.1) is 0 Å². The van der Waals surface area contributed by atoms with Crippen molar-refractivity contribution in [3.63, 3.8) is 0 Å². The molecule has 4 nitrogen and oxygen atoms in total. The quantitative estimate of drug-likeness (QED) is 0.786. The van der Waals surface area contributed by atoms with Crippen LogP contribution in [0.4, 0.5) is 0 Å². The molecule has 0 atom stereocenters. The van der Waals surface area contributed by atoms with Crippen LogP contribution in [-0.2, 0) is 10.0 Å². The molecule has 0 saturated carbocycles. The minimum Gasteiger partial charge on any atom is -0.301 e. The van der Waals surface area contributed by atoms with Crippen molar-refractivity contribution < 1.29 is 8.42 Å². The molecule has 2 aliphatic heterocycles. The first-order valence-corrected chi connectivity index (χ1v) is 8.75. The van der Waals surface area contributed by atoms with E-state index in [2.05, 4.69) is 18.7 Å². The molecule has 0 aromatic carbocycles. The van der Waals surface area contributed by atoms with E-state index in [9.17, 15) is 8.42 Å². The molecule has 0 aromatic heterocycles. The van der Waals surface area contributed by atoms with Gasteiger partial charge in [0, 0.05) is 19.1 Å². The highest BCUT2D eigenvalue weighted by Crippen LogP contribution is 2.24. The van der Waals surface area contributed by atoms with Crippen LogP contribution in [0.5, 0.6) is 0 Å². The number of nitrogens with zero attached hydrogens (tertiary/aromatic N) is 2. The third-order valence-electron chi connectivity index (χ3n) is 4.30. The van der Waals surface area contributed by atoms with Crippen LogP contribution in [-0.4, -0.2) is 55.1 Å². The molecule has 0 N–H and O–H groups in total. The number of hydrogen-bond acceptors (Lipinski definition) is 3. The zero-order chi connectivity index (χ0) is 13.2. The Morgan fingerprint density at radius 1 is 0.944 bits per heavy atom. The van der Waals surface area contributed by atoms with Gasteiger partial charge in [0.1, 0.15) is 0 Å². The minimum absolute atomic E-state index is 0.134. The average Bonchev–Trinajstić information content (AvgIpc) is 2.40. The van der Waals surface area contributed by atoms with E-state index in [1.54, 1.807) is 4.31 Å². The highest BCUT2D eigenvalue weighted by molar-refractivity contribution is 7.89. The number of piperidine rings is 2. The fourth-order valence-electron chi connectivity index (χ4n) is 3.02. The largest absolute Gasteiger partial charge is 0.301 e. The average molecular weight is 274 g/mol. The predicted molar refractivity (Wildman–Crippen MR) is 74.1 cm³/mol. The Morgan fingerprint density at radius 3 is 2.00 bits per heavy atom. The Hall–Kier alpha value is -0.130. The van der Waals surface area contributed by atoms with Gasteiger partial charge < -0.3 is 4.90 Å². The van der Waals surface area contributed by atoms with Crippen molar-refractivity contribution in [2.45, 2.75) is 57.2 Å². The summed E-state index contributed by atoms with van der Waals surface area (Å²) in [5, 5.41) is -0.134. The summed E-state index contributed by atoms with van der Waals surface area (Å²) in [6.07, 6.45) is 4.85. The lowest BCUT2D eigenvalue weighted by atomic mass is 10.1. The molecule has 18 heavy (non-hydrogen) atoms. The molecule has 0 unspecified atom stereocenters. The second-order valence-corrected chi connectivity index (χ2v) is 8.05. The molecule has 5 heteroatoms. The van der Waals surface area contributed by atoms with Crippen LogP contribution in [0.3, 0.4) is 0 Å². The SMILES string of the molecule is CC(C)N1CCC(S(=O)(=O)N2CCCCC2)CC1. The fraction of sp³-hybridized carbons (Fsp3) is 1.00. The molecule has 2 heterocycles. The third kappa shape index (κ3) is 3.06. The van der Waals surface area contributed by atoms with Crippen molar-refractivity contribution >= 4 is 10.0 Å². The van der Waals surface area contributed by atoms with Crippen LogP contribution in [0, 0.1) is 0 Å². The van der Waals surface area contributed by atoms with E-state index in [-0.39, 0.29) is 5.25 Å². The van der Waals surface area contributed by atoms with Crippen molar-refractivity contribution in [3.05, 3.63) is 0 Å². The van der Waals surface area contributed by atoms with Gasteiger partial charge in [0.05, 0.1) is 5.25 Å². The van der Waals surface area contributed by atoms with E-state index < -0.39 is 10.0 Å². The predicted octanol–water partition coefficient (Wildman–Crippen LogP) is 1.67. The van der Waals surface area contributed by atoms with Crippen molar-refractivity contribution in [3.8, 4) is 0 Å². The molecule has 0 aliphatic carbocycles. The van der Waals surface area contributed by atoms with Crippen LogP contribution in [0.1, 0.15) is 46.0 Å². The van der Waals surface area contributed by atoms with Gasteiger partial charge in [-0.1, -0.05) is 6.42 Å². The lowest BCUT2D eigenvalue weighted by Gasteiger charge is -2.37. The molecule has 0 amide bonds. The van der Waals surface area contributed by atoms with Gasteiger partial charge in [0.2, 0.25) is 10.0 Å². The summed E-state index contributed by atoms with van der Waals surface area (Å²) < 4.78 is 26.8. The maximum Gasteiger partial charge on any atom is 0.217 e. The molecule has 0 radical (unpaired) electrons. The van der Waals surface area contributed by atoms with E-state index in [4.69, 9.17) is 0 Å². The normalized spacial score (nSPS) is 25.7. The zero-order valence-corrected chi connectivity index (χ0v) is 12.5. The first-order valence-electron chi connectivity index (χ1n) is 7.25. The molecule has 0 bridgehead atoms. The van der Waals surface area contributed by atoms with Crippen LogP contribution in [0.25, 0.3) is 0 Å². The van der Waals surface area contributed by atoms with Crippen molar-refractivity contribution in [2.24, 2.45) is 0 Å². The van der Waals surface area contributed by atoms with Crippen LogP contribution < -0.4 is 0 Å². The van der Waals surface area contributed by atoms with Crippen LogP contribution in [0.2, 0.25) is 0 Å². The molecule has 2 aliphatic rings. The molecule has 2 saturated heterocycles. The maximum absolute atomic E-state index is 12.5. The van der Waals surface area contributed by atoms with E-state index in [0.29, 0.717) is 6.04 Å². The van der Waals surface area contributed by atoms with E-state index >= 15 is 0 Å². The van der Waals surface area contributed by atoms with Gasteiger partial charge in [-0.2, -0.15) is 0 Å². The molecule has 0 spiro atoms. The van der Waals surface area contributed by atoms with E-state index in [1.807, 2.05) is 0 Å². The minimum atomic E-state index is -3.03. The number of sulfonamides is 1. The lowest BCUT2D eigenvalue weighted by Crippen LogP contribution is -2.48. The van der Waals surface area contributed by atoms with E-state index in [0.717, 1.165) is 51.9 Å². The highest BCUT2D eigenvalue weighted by Gasteiger charge is 2.35. The van der Waals surface area contributed by atoms with Crippen molar-refractivity contribution in [2.75, 3.05) is 26.2 Å². The second-order valence-electron chi connectivity index (χ2n) is 5.83. The molecule has 0 aromatic rings. The molecule has 106 valence electrons. The Balaban J connectivity index is 1.95. The van der Waals surface area contributed by atoms with Crippen molar-refractivity contribution in [1.82, 2.24) is 9.21 Å². The summed E-state index contributed by atoms with van der Waals surface area (Å²) in [7, 11) is -3.03. The zero-order valence-electron chi connectivity index (χ0n) is 11.6. The fourth-order valence-corrected chi connectivity index (χ4v) is 5.02. The maximum atomic E-state index is 12.5. The summed E-state index contributed by atoms with van der Waals surface area (Å²) in [5.41, 5.74) is 0. The second kappa shape index (κ2) is 5.88. The Bertz CT molecular complexity index is 353. The topological polar surface area (TPSA) is 40.6 Å². The summed E-state index contributed by atoms with van der Waals surface area (Å²) in [6.45, 7) is 7.70. The Morgan fingerprint density at radius 2 is 1.50 bits per heavy atom. The lowest BCUT2D eigenvalue weighted by molar-refractivity contribution is 0.183. The van der Waals surface area contributed by atoms with Crippen LogP contribution >= 0.6 is 0 Å². The number of likely N-dealkylation sites (tertiary alicyclic amines) is 1. The van der Waals surface area contributed by atoms with Gasteiger partial charge in [-0.25, -0.2) is 12.7 Å². The van der Waals surface area contributed by atoms with Crippen LogP contribution in [0.15, 0.2) is 0 Å². The first kappa shape index (κ1) is 14.3. The highest BCUT2D eigenvalue weighted by atomic mass is 32.2. The third-order valence-corrected chi connectivity index (χ3v) is 6.70. The van der Waals surface area contributed by atoms with Gasteiger partial charge in [-0.3, -0.25) is 0 Å². The first-order chi connectivity index (χ1) is 8.51. The smallest absolute Gasteiger partial charge is 0.217 e. The molecular weight excluding hydrogens is 248 g/mol. The van der Waals surface area contributed by atoms with Gasteiger partial charge in [-0.05, 0) is 52.6 Å². The molecule has 2 rings (SSSR count).